The van der Waals surface area contributed by atoms with E-state index in [1.807, 2.05) is 49.4 Å². The number of rotatable bonds is 4. The highest BCUT2D eigenvalue weighted by molar-refractivity contribution is 6.22. The van der Waals surface area contributed by atoms with Crippen LogP contribution in [0.4, 0.5) is 0 Å². The van der Waals surface area contributed by atoms with E-state index in [2.05, 4.69) is 13.0 Å². The van der Waals surface area contributed by atoms with E-state index in [4.69, 9.17) is 16.3 Å². The summed E-state index contributed by atoms with van der Waals surface area (Å²) in [6.07, 6.45) is 0. The van der Waals surface area contributed by atoms with Gasteiger partial charge in [-0.1, -0.05) is 48.0 Å². The van der Waals surface area contributed by atoms with Crippen LogP contribution >= 0.6 is 11.6 Å². The van der Waals surface area contributed by atoms with E-state index in [9.17, 15) is 0 Å². The molecule has 94 valence electrons. The van der Waals surface area contributed by atoms with Crippen molar-refractivity contribution in [1.29, 1.82) is 0 Å². The molecule has 1 unspecified atom stereocenters. The van der Waals surface area contributed by atoms with Crippen LogP contribution in [0.25, 0.3) is 0 Å². The third-order valence-electron chi connectivity index (χ3n) is 2.83. The molecule has 0 bridgehead atoms. The molecule has 0 radical (unpaired) electrons. The van der Waals surface area contributed by atoms with Crippen molar-refractivity contribution in [2.75, 3.05) is 6.61 Å². The number of ether oxygens (including phenoxy) is 1. The summed E-state index contributed by atoms with van der Waals surface area (Å²) in [5, 5.41) is -0.173. The highest BCUT2D eigenvalue weighted by Crippen LogP contribution is 2.35. The molecular weight excluding hydrogens is 244 g/mol. The van der Waals surface area contributed by atoms with Gasteiger partial charge in [-0.15, -0.1) is 11.6 Å². The molecule has 2 heteroatoms. The normalized spacial score (nSPS) is 12.2. The molecule has 0 N–H and O–H groups in total. The van der Waals surface area contributed by atoms with Crippen LogP contribution in [0.15, 0.2) is 48.5 Å². The van der Waals surface area contributed by atoms with E-state index in [0.29, 0.717) is 6.61 Å². The van der Waals surface area contributed by atoms with Gasteiger partial charge in [0.15, 0.2) is 0 Å². The lowest BCUT2D eigenvalue weighted by atomic mass is 10.0. The van der Waals surface area contributed by atoms with Crippen LogP contribution in [-0.4, -0.2) is 6.61 Å². The van der Waals surface area contributed by atoms with Gasteiger partial charge in [-0.3, -0.25) is 0 Å². The predicted octanol–water partition coefficient (Wildman–Crippen LogP) is 4.72. The Morgan fingerprint density at radius 1 is 1.11 bits per heavy atom. The largest absolute Gasteiger partial charge is 0.494 e. The Kier molecular flexibility index (Phi) is 4.27. The Morgan fingerprint density at radius 3 is 2.50 bits per heavy atom. The summed E-state index contributed by atoms with van der Waals surface area (Å²) in [4.78, 5) is 0. The summed E-state index contributed by atoms with van der Waals surface area (Å²) >= 11 is 6.56. The van der Waals surface area contributed by atoms with Gasteiger partial charge in [0.25, 0.3) is 0 Å². The topological polar surface area (TPSA) is 9.23 Å². The lowest BCUT2D eigenvalue weighted by Crippen LogP contribution is -2.00. The summed E-state index contributed by atoms with van der Waals surface area (Å²) in [6, 6.07) is 16.2. The molecule has 2 aromatic carbocycles. The monoisotopic (exact) mass is 260 g/mol. The van der Waals surface area contributed by atoms with Gasteiger partial charge in [-0.2, -0.15) is 0 Å². The quantitative estimate of drug-likeness (QED) is 0.723. The first-order chi connectivity index (χ1) is 8.72. The molecule has 2 rings (SSSR count). The first kappa shape index (κ1) is 13.0. The van der Waals surface area contributed by atoms with Crippen LogP contribution in [0.1, 0.15) is 29.0 Å². The minimum Gasteiger partial charge on any atom is -0.494 e. The SMILES string of the molecule is CCOc1ccc(C)cc1C(Cl)c1ccccc1. The fourth-order valence-corrected chi connectivity index (χ4v) is 2.27. The lowest BCUT2D eigenvalue weighted by molar-refractivity contribution is 0.337. The second-order valence-corrected chi connectivity index (χ2v) is 4.68. The Balaban J connectivity index is 2.40. The van der Waals surface area contributed by atoms with Crippen LogP contribution in [0, 0.1) is 6.92 Å². The molecule has 0 saturated heterocycles. The van der Waals surface area contributed by atoms with Gasteiger partial charge in [0.05, 0.1) is 12.0 Å². The number of benzene rings is 2. The fourth-order valence-electron chi connectivity index (χ4n) is 1.95. The third-order valence-corrected chi connectivity index (χ3v) is 3.32. The number of hydrogen-bond donors (Lipinski definition) is 0. The first-order valence-electron chi connectivity index (χ1n) is 6.14. The van der Waals surface area contributed by atoms with Gasteiger partial charge in [-0.25, -0.2) is 0 Å². The Hall–Kier alpha value is -1.47. The Bertz CT molecular complexity index is 508. The van der Waals surface area contributed by atoms with E-state index in [0.717, 1.165) is 16.9 Å². The minimum absolute atomic E-state index is 0.173. The molecule has 0 aliphatic rings. The van der Waals surface area contributed by atoms with Gasteiger partial charge in [-0.05, 0) is 25.5 Å². The molecule has 2 aromatic rings. The van der Waals surface area contributed by atoms with Crippen molar-refractivity contribution in [3.05, 3.63) is 65.2 Å². The Morgan fingerprint density at radius 2 is 1.83 bits per heavy atom. The molecule has 0 amide bonds. The van der Waals surface area contributed by atoms with E-state index in [1.54, 1.807) is 0 Å². The van der Waals surface area contributed by atoms with Crippen LogP contribution in [0.3, 0.4) is 0 Å². The molecular formula is C16H17ClO. The van der Waals surface area contributed by atoms with Crippen molar-refractivity contribution in [3.63, 3.8) is 0 Å². The van der Waals surface area contributed by atoms with Crippen LogP contribution < -0.4 is 4.74 Å². The second kappa shape index (κ2) is 5.92. The van der Waals surface area contributed by atoms with Crippen LogP contribution in [-0.2, 0) is 0 Å². The van der Waals surface area contributed by atoms with E-state index in [1.165, 1.54) is 5.56 Å². The van der Waals surface area contributed by atoms with Gasteiger partial charge in [0.1, 0.15) is 5.75 Å². The third kappa shape index (κ3) is 2.85. The zero-order valence-corrected chi connectivity index (χ0v) is 11.4. The number of hydrogen-bond acceptors (Lipinski definition) is 1. The van der Waals surface area contributed by atoms with Gasteiger partial charge < -0.3 is 4.74 Å². The molecule has 0 aliphatic carbocycles. The van der Waals surface area contributed by atoms with Crippen molar-refractivity contribution < 1.29 is 4.74 Å². The molecule has 0 saturated carbocycles. The molecule has 1 nitrogen and oxygen atoms in total. The molecule has 0 heterocycles. The van der Waals surface area contributed by atoms with Gasteiger partial charge in [0.2, 0.25) is 0 Å². The van der Waals surface area contributed by atoms with Crippen molar-refractivity contribution >= 4 is 11.6 Å². The van der Waals surface area contributed by atoms with Crippen molar-refractivity contribution in [3.8, 4) is 5.75 Å². The van der Waals surface area contributed by atoms with Crippen molar-refractivity contribution in [2.45, 2.75) is 19.2 Å². The Labute approximate surface area is 113 Å². The zero-order valence-electron chi connectivity index (χ0n) is 10.7. The summed E-state index contributed by atoms with van der Waals surface area (Å²) < 4.78 is 5.65. The second-order valence-electron chi connectivity index (χ2n) is 4.25. The molecule has 18 heavy (non-hydrogen) atoms. The van der Waals surface area contributed by atoms with Crippen LogP contribution in [0.2, 0.25) is 0 Å². The standard InChI is InChI=1S/C16H17ClO/c1-3-18-15-10-9-12(2)11-14(15)16(17)13-7-5-4-6-8-13/h4-11,16H,3H2,1-2H3. The summed E-state index contributed by atoms with van der Waals surface area (Å²) in [5.41, 5.74) is 3.31. The average Bonchev–Trinajstić information content (AvgIpc) is 2.41. The first-order valence-corrected chi connectivity index (χ1v) is 6.58. The molecule has 1 atom stereocenters. The lowest BCUT2D eigenvalue weighted by Gasteiger charge is -2.16. The number of alkyl halides is 1. The molecule has 0 aromatic heterocycles. The summed E-state index contributed by atoms with van der Waals surface area (Å²) in [5.74, 6) is 0.868. The minimum atomic E-state index is -0.173. The zero-order chi connectivity index (χ0) is 13.0. The van der Waals surface area contributed by atoms with E-state index >= 15 is 0 Å². The number of halogens is 1. The molecule has 0 fully saturated rings. The summed E-state index contributed by atoms with van der Waals surface area (Å²) in [7, 11) is 0. The van der Waals surface area contributed by atoms with Crippen molar-refractivity contribution in [1.82, 2.24) is 0 Å². The number of aryl methyl sites for hydroxylation is 1. The van der Waals surface area contributed by atoms with E-state index in [-0.39, 0.29) is 5.38 Å². The highest BCUT2D eigenvalue weighted by atomic mass is 35.5. The molecule has 0 spiro atoms. The van der Waals surface area contributed by atoms with Gasteiger partial charge >= 0.3 is 0 Å². The average molecular weight is 261 g/mol. The maximum absolute atomic E-state index is 6.56. The fraction of sp³-hybridized carbons (Fsp3) is 0.250. The molecule has 0 aliphatic heterocycles. The maximum atomic E-state index is 6.56. The smallest absolute Gasteiger partial charge is 0.124 e. The van der Waals surface area contributed by atoms with Gasteiger partial charge in [0, 0.05) is 5.56 Å². The highest BCUT2D eigenvalue weighted by Gasteiger charge is 2.15. The predicted molar refractivity (Wildman–Crippen MR) is 76.5 cm³/mol. The summed E-state index contributed by atoms with van der Waals surface area (Å²) in [6.45, 7) is 4.69. The maximum Gasteiger partial charge on any atom is 0.124 e. The van der Waals surface area contributed by atoms with E-state index < -0.39 is 0 Å². The van der Waals surface area contributed by atoms with Crippen molar-refractivity contribution in [2.24, 2.45) is 0 Å². The van der Waals surface area contributed by atoms with Crippen LogP contribution in [0.5, 0.6) is 5.75 Å².